The van der Waals surface area contributed by atoms with Gasteiger partial charge in [0.2, 0.25) is 0 Å². The van der Waals surface area contributed by atoms with Gasteiger partial charge in [0.25, 0.3) is 5.56 Å². The molecular weight excluding hydrogens is 382 g/mol. The molecular formula is C27H29N3O. The van der Waals surface area contributed by atoms with Crippen LogP contribution in [0.25, 0.3) is 33.1 Å². The number of rotatable bonds is 4. The monoisotopic (exact) mass is 411 g/mol. The summed E-state index contributed by atoms with van der Waals surface area (Å²) in [4.78, 5) is 18.8. The lowest BCUT2D eigenvalue weighted by Gasteiger charge is -2.29. The second kappa shape index (κ2) is 8.27. The lowest BCUT2D eigenvalue weighted by molar-refractivity contribution is 0.246. The molecule has 2 N–H and O–H groups in total. The van der Waals surface area contributed by atoms with Crippen LogP contribution in [0.4, 0.5) is 0 Å². The molecule has 31 heavy (non-hydrogen) atoms. The molecule has 5 rings (SSSR count). The van der Waals surface area contributed by atoms with Crippen LogP contribution in [-0.4, -0.2) is 16.1 Å². The van der Waals surface area contributed by atoms with Crippen molar-refractivity contribution in [2.45, 2.75) is 39.2 Å². The molecule has 1 aromatic heterocycles. The molecule has 3 aromatic carbocycles. The van der Waals surface area contributed by atoms with E-state index < -0.39 is 0 Å². The van der Waals surface area contributed by atoms with Gasteiger partial charge in [0.15, 0.2) is 0 Å². The summed E-state index contributed by atoms with van der Waals surface area (Å²) < 4.78 is 1.94. The quantitative estimate of drug-likeness (QED) is 0.496. The smallest absolute Gasteiger partial charge is 0.261 e. The second-order valence-electron chi connectivity index (χ2n) is 9.03. The van der Waals surface area contributed by atoms with E-state index in [-0.39, 0.29) is 5.56 Å². The summed E-state index contributed by atoms with van der Waals surface area (Å²) in [5.74, 6) is 1.79. The molecule has 158 valence electrons. The van der Waals surface area contributed by atoms with E-state index in [0.29, 0.717) is 23.8 Å². The van der Waals surface area contributed by atoms with Gasteiger partial charge in [-0.15, -0.1) is 0 Å². The molecule has 0 radical (unpaired) electrons. The maximum atomic E-state index is 13.7. The number of hydrogen-bond donors (Lipinski definition) is 1. The Hall–Kier alpha value is -2.98. The first-order valence-corrected chi connectivity index (χ1v) is 11.3. The SMILES string of the molecule is Cc1ccc2nc(-c3cccc4ccccc34)n(CC3CCCC(CN)C3)c(=O)c2c1. The first-order valence-electron chi connectivity index (χ1n) is 11.3. The summed E-state index contributed by atoms with van der Waals surface area (Å²) in [5.41, 5.74) is 8.90. The normalized spacial score (nSPS) is 19.2. The van der Waals surface area contributed by atoms with E-state index in [0.717, 1.165) is 52.6 Å². The average molecular weight is 412 g/mol. The van der Waals surface area contributed by atoms with Crippen LogP contribution in [0.2, 0.25) is 0 Å². The number of aryl methyl sites for hydroxylation is 1. The molecule has 4 aromatic rings. The average Bonchev–Trinajstić information content (AvgIpc) is 2.81. The zero-order valence-corrected chi connectivity index (χ0v) is 18.1. The minimum absolute atomic E-state index is 0.0616. The van der Waals surface area contributed by atoms with E-state index >= 15 is 0 Å². The maximum Gasteiger partial charge on any atom is 0.261 e. The highest BCUT2D eigenvalue weighted by molar-refractivity contribution is 5.96. The predicted octanol–water partition coefficient (Wildman–Crippen LogP) is 5.29. The highest BCUT2D eigenvalue weighted by atomic mass is 16.1. The Morgan fingerprint density at radius 2 is 1.81 bits per heavy atom. The molecule has 1 saturated carbocycles. The fraction of sp³-hybridized carbons (Fsp3) is 0.333. The van der Waals surface area contributed by atoms with Gasteiger partial charge >= 0.3 is 0 Å². The van der Waals surface area contributed by atoms with Crippen LogP contribution in [0.1, 0.15) is 31.2 Å². The van der Waals surface area contributed by atoms with E-state index in [1.54, 1.807) is 0 Å². The van der Waals surface area contributed by atoms with E-state index in [9.17, 15) is 4.79 Å². The predicted molar refractivity (Wildman–Crippen MR) is 128 cm³/mol. The Bertz CT molecular complexity index is 1300. The van der Waals surface area contributed by atoms with Crippen LogP contribution in [0.5, 0.6) is 0 Å². The Balaban J connectivity index is 1.72. The third kappa shape index (κ3) is 3.77. The van der Waals surface area contributed by atoms with Gasteiger partial charge < -0.3 is 5.73 Å². The summed E-state index contributed by atoms with van der Waals surface area (Å²) in [6.45, 7) is 3.45. The van der Waals surface area contributed by atoms with Crippen molar-refractivity contribution >= 4 is 21.7 Å². The Morgan fingerprint density at radius 1 is 1.00 bits per heavy atom. The zero-order chi connectivity index (χ0) is 21.4. The third-order valence-corrected chi connectivity index (χ3v) is 6.81. The minimum atomic E-state index is 0.0616. The van der Waals surface area contributed by atoms with Gasteiger partial charge in [-0.05, 0) is 67.5 Å². The minimum Gasteiger partial charge on any atom is -0.330 e. The summed E-state index contributed by atoms with van der Waals surface area (Å²) in [6, 6.07) is 20.5. The molecule has 1 heterocycles. The van der Waals surface area contributed by atoms with Crippen molar-refractivity contribution in [2.75, 3.05) is 6.54 Å². The molecule has 0 spiro atoms. The van der Waals surface area contributed by atoms with Gasteiger partial charge in [0, 0.05) is 12.1 Å². The number of hydrogen-bond acceptors (Lipinski definition) is 3. The van der Waals surface area contributed by atoms with E-state index in [2.05, 4.69) is 30.3 Å². The molecule has 4 nitrogen and oxygen atoms in total. The molecule has 1 fully saturated rings. The van der Waals surface area contributed by atoms with Gasteiger partial charge in [0.1, 0.15) is 5.82 Å². The fourth-order valence-electron chi connectivity index (χ4n) is 5.17. The van der Waals surface area contributed by atoms with Crippen LogP contribution >= 0.6 is 0 Å². The molecule has 0 amide bonds. The number of aromatic nitrogens is 2. The molecule has 2 unspecified atom stereocenters. The van der Waals surface area contributed by atoms with Crippen LogP contribution in [-0.2, 0) is 6.54 Å². The van der Waals surface area contributed by atoms with Gasteiger partial charge in [-0.2, -0.15) is 0 Å². The van der Waals surface area contributed by atoms with Crippen molar-refractivity contribution in [3.05, 3.63) is 76.6 Å². The lowest BCUT2D eigenvalue weighted by atomic mass is 9.81. The van der Waals surface area contributed by atoms with Crippen LogP contribution < -0.4 is 11.3 Å². The number of nitrogens with two attached hydrogens (primary N) is 1. The van der Waals surface area contributed by atoms with E-state index in [1.807, 2.05) is 41.8 Å². The summed E-state index contributed by atoms with van der Waals surface area (Å²) >= 11 is 0. The van der Waals surface area contributed by atoms with E-state index in [1.165, 1.54) is 12.8 Å². The third-order valence-electron chi connectivity index (χ3n) is 6.81. The molecule has 0 bridgehead atoms. The van der Waals surface area contributed by atoms with Gasteiger partial charge in [-0.25, -0.2) is 4.98 Å². The van der Waals surface area contributed by atoms with Crippen molar-refractivity contribution in [2.24, 2.45) is 17.6 Å². The fourth-order valence-corrected chi connectivity index (χ4v) is 5.17. The van der Waals surface area contributed by atoms with Gasteiger partial charge in [0.05, 0.1) is 10.9 Å². The summed E-state index contributed by atoms with van der Waals surface area (Å²) in [5, 5.41) is 2.99. The molecule has 1 aliphatic rings. The number of nitrogens with zero attached hydrogens (tertiary/aromatic N) is 2. The maximum absolute atomic E-state index is 13.7. The first kappa shape index (κ1) is 20.0. The number of benzene rings is 3. The van der Waals surface area contributed by atoms with Gasteiger partial charge in [-0.1, -0.05) is 60.5 Å². The zero-order valence-electron chi connectivity index (χ0n) is 18.1. The topological polar surface area (TPSA) is 60.9 Å². The van der Waals surface area contributed by atoms with Gasteiger partial charge in [-0.3, -0.25) is 9.36 Å². The Morgan fingerprint density at radius 3 is 2.68 bits per heavy atom. The summed E-state index contributed by atoms with van der Waals surface area (Å²) in [6.07, 6.45) is 4.62. The second-order valence-corrected chi connectivity index (χ2v) is 9.03. The van der Waals surface area contributed by atoms with Crippen molar-refractivity contribution in [1.29, 1.82) is 0 Å². The molecule has 4 heteroatoms. The van der Waals surface area contributed by atoms with Crippen LogP contribution in [0, 0.1) is 18.8 Å². The molecule has 1 aliphatic carbocycles. The van der Waals surface area contributed by atoms with Crippen molar-refractivity contribution in [3.63, 3.8) is 0 Å². The Kier molecular flexibility index (Phi) is 5.33. The van der Waals surface area contributed by atoms with Crippen LogP contribution in [0.15, 0.2) is 65.5 Å². The molecule has 2 atom stereocenters. The molecule has 0 aliphatic heterocycles. The van der Waals surface area contributed by atoms with Crippen molar-refractivity contribution in [1.82, 2.24) is 9.55 Å². The standard InChI is InChI=1S/C27H29N3O/c1-18-12-13-25-24(14-18)27(31)30(17-20-7-4-6-19(15-20)16-28)26(29-25)23-11-5-9-21-8-2-3-10-22(21)23/h2-3,5,8-14,19-20H,4,6-7,15-17,28H2,1H3. The first-order chi connectivity index (χ1) is 15.1. The highest BCUT2D eigenvalue weighted by Gasteiger charge is 2.24. The highest BCUT2D eigenvalue weighted by Crippen LogP contribution is 2.32. The lowest BCUT2D eigenvalue weighted by Crippen LogP contribution is -2.30. The van der Waals surface area contributed by atoms with Crippen molar-refractivity contribution < 1.29 is 0 Å². The Labute approximate surface area is 182 Å². The van der Waals surface area contributed by atoms with Crippen molar-refractivity contribution in [3.8, 4) is 11.4 Å². The van der Waals surface area contributed by atoms with Crippen LogP contribution in [0.3, 0.4) is 0 Å². The number of fused-ring (bicyclic) bond motifs is 2. The summed E-state index contributed by atoms with van der Waals surface area (Å²) in [7, 11) is 0. The largest absolute Gasteiger partial charge is 0.330 e. The molecule has 0 saturated heterocycles. The van der Waals surface area contributed by atoms with E-state index in [4.69, 9.17) is 10.7 Å².